The highest BCUT2D eigenvalue weighted by molar-refractivity contribution is 6.03. The zero-order chi connectivity index (χ0) is 20.3. The van der Waals surface area contributed by atoms with E-state index in [1.54, 1.807) is 0 Å². The van der Waals surface area contributed by atoms with E-state index in [1.807, 2.05) is 45.0 Å². The quantitative estimate of drug-likeness (QED) is 0.485. The molecule has 3 aromatic carbocycles. The Morgan fingerprint density at radius 1 is 0.667 bits per heavy atom. The van der Waals surface area contributed by atoms with Crippen molar-refractivity contribution in [1.29, 1.82) is 0 Å². The normalized spacial score (nSPS) is 10.6. The zero-order valence-corrected chi connectivity index (χ0v) is 17.1. The lowest BCUT2D eigenvalue weighted by molar-refractivity contribution is 1.09. The predicted molar refractivity (Wildman–Crippen MR) is 121 cm³/mol. The van der Waals surface area contributed by atoms with E-state index in [0.29, 0.717) is 0 Å². The van der Waals surface area contributed by atoms with Gasteiger partial charge in [0.15, 0.2) is 0 Å². The molecule has 0 fully saturated rings. The monoisotopic (exact) mass is 364 g/mol. The Kier molecular flexibility index (Phi) is 6.21. The smallest absolute Gasteiger partial charge is 0.0427 e. The molecule has 0 spiro atoms. The molecule has 0 bridgehead atoms. The van der Waals surface area contributed by atoms with Gasteiger partial charge in [-0.15, -0.1) is 0 Å². The number of anilines is 4. The Labute approximate surface area is 162 Å². The maximum atomic E-state index is 6.03. The third kappa shape index (κ3) is 3.80. The van der Waals surface area contributed by atoms with Crippen molar-refractivity contribution >= 4 is 33.5 Å². The van der Waals surface area contributed by atoms with Crippen LogP contribution in [0, 0.1) is 20.8 Å². The number of rotatable bonds is 2. The van der Waals surface area contributed by atoms with E-state index in [4.69, 9.17) is 22.9 Å². The molecule has 4 nitrogen and oxygen atoms in total. The Bertz CT molecular complexity index is 928. The molecule has 4 heteroatoms. The van der Waals surface area contributed by atoms with Gasteiger partial charge in [0.25, 0.3) is 0 Å². The van der Waals surface area contributed by atoms with Crippen LogP contribution in [0.15, 0.2) is 30.3 Å². The summed E-state index contributed by atoms with van der Waals surface area (Å²) in [5, 5.41) is 2.10. The van der Waals surface area contributed by atoms with Crippen molar-refractivity contribution in [3.05, 3.63) is 58.1 Å². The summed E-state index contributed by atoms with van der Waals surface area (Å²) in [4.78, 5) is 0. The third-order valence-electron chi connectivity index (χ3n) is 5.42. The second-order valence-electron chi connectivity index (χ2n) is 6.99. The number of aryl methyl sites for hydroxylation is 2. The van der Waals surface area contributed by atoms with Gasteiger partial charge >= 0.3 is 0 Å². The molecule has 0 heterocycles. The van der Waals surface area contributed by atoms with Crippen LogP contribution in [0.3, 0.4) is 0 Å². The summed E-state index contributed by atoms with van der Waals surface area (Å²) >= 11 is 0. The molecule has 8 N–H and O–H groups in total. The maximum Gasteiger partial charge on any atom is 0.0427 e. The molecule has 0 aliphatic carbocycles. The first-order valence-electron chi connectivity index (χ1n) is 9.43. The summed E-state index contributed by atoms with van der Waals surface area (Å²) in [6.45, 7) is 10.2. The van der Waals surface area contributed by atoms with Crippen molar-refractivity contribution in [2.45, 2.75) is 47.5 Å². The molecule has 0 amide bonds. The Morgan fingerprint density at radius 3 is 1.56 bits per heavy atom. The summed E-state index contributed by atoms with van der Waals surface area (Å²) < 4.78 is 0. The van der Waals surface area contributed by atoms with Crippen LogP contribution in [0.4, 0.5) is 22.7 Å². The van der Waals surface area contributed by atoms with Crippen LogP contribution in [0.5, 0.6) is 0 Å². The average molecular weight is 365 g/mol. The van der Waals surface area contributed by atoms with Gasteiger partial charge in [0.05, 0.1) is 0 Å². The van der Waals surface area contributed by atoms with Crippen molar-refractivity contribution in [3.63, 3.8) is 0 Å². The zero-order valence-electron chi connectivity index (χ0n) is 17.1. The van der Waals surface area contributed by atoms with E-state index >= 15 is 0 Å². The highest BCUT2D eigenvalue weighted by atomic mass is 14.6. The van der Waals surface area contributed by atoms with Crippen LogP contribution in [-0.4, -0.2) is 0 Å². The number of nitrogen functional groups attached to an aromatic ring is 4. The average Bonchev–Trinajstić information content (AvgIpc) is 2.68. The van der Waals surface area contributed by atoms with E-state index in [0.717, 1.165) is 68.6 Å². The fraction of sp³-hybridized carbons (Fsp3) is 0.304. The van der Waals surface area contributed by atoms with E-state index in [9.17, 15) is 0 Å². The first kappa shape index (κ1) is 20.4. The lowest BCUT2D eigenvalue weighted by Crippen LogP contribution is -2.05. The minimum atomic E-state index is 0.840. The van der Waals surface area contributed by atoms with Gasteiger partial charge in [0, 0.05) is 33.5 Å². The molecule has 0 aliphatic heterocycles. The molecule has 3 rings (SSSR count). The molecule has 144 valence electrons. The largest absolute Gasteiger partial charge is 0.398 e. The van der Waals surface area contributed by atoms with Gasteiger partial charge in [0.1, 0.15) is 0 Å². The van der Waals surface area contributed by atoms with Crippen LogP contribution in [0.1, 0.15) is 41.7 Å². The van der Waals surface area contributed by atoms with Crippen LogP contribution in [-0.2, 0) is 12.8 Å². The molecular weight excluding hydrogens is 332 g/mol. The predicted octanol–water partition coefficient (Wildman–Crippen LogP) is 4.91. The van der Waals surface area contributed by atoms with E-state index in [1.165, 1.54) is 5.56 Å². The summed E-state index contributed by atoms with van der Waals surface area (Å²) in [6, 6.07) is 10.1. The van der Waals surface area contributed by atoms with E-state index < -0.39 is 0 Å². The molecule has 0 radical (unpaired) electrons. The second-order valence-corrected chi connectivity index (χ2v) is 6.99. The first-order chi connectivity index (χ1) is 12.7. The minimum absolute atomic E-state index is 0.840. The van der Waals surface area contributed by atoms with Gasteiger partial charge in [-0.3, -0.25) is 0 Å². The SMILES string of the molecule is CCc1cc(C)c(N)c(CC)c1N.Cc1c(C)c(N)c2ccccc2c1N. The summed E-state index contributed by atoms with van der Waals surface area (Å²) in [5.74, 6) is 0. The van der Waals surface area contributed by atoms with Crippen LogP contribution < -0.4 is 22.9 Å². The molecule has 27 heavy (non-hydrogen) atoms. The summed E-state index contributed by atoms with van der Waals surface area (Å²) in [7, 11) is 0. The van der Waals surface area contributed by atoms with Crippen molar-refractivity contribution in [2.24, 2.45) is 0 Å². The number of nitrogens with two attached hydrogens (primary N) is 4. The van der Waals surface area contributed by atoms with Gasteiger partial charge in [0.2, 0.25) is 0 Å². The fourth-order valence-electron chi connectivity index (χ4n) is 3.43. The van der Waals surface area contributed by atoms with Gasteiger partial charge < -0.3 is 22.9 Å². The fourth-order valence-corrected chi connectivity index (χ4v) is 3.43. The lowest BCUT2D eigenvalue weighted by Gasteiger charge is -2.14. The van der Waals surface area contributed by atoms with Crippen molar-refractivity contribution in [3.8, 4) is 0 Å². The topological polar surface area (TPSA) is 104 Å². The number of hydrogen-bond donors (Lipinski definition) is 4. The summed E-state index contributed by atoms with van der Waals surface area (Å²) in [6.07, 6.45) is 1.88. The molecule has 0 aromatic heterocycles. The van der Waals surface area contributed by atoms with Crippen molar-refractivity contribution in [2.75, 3.05) is 22.9 Å². The molecule has 0 atom stereocenters. The molecule has 3 aromatic rings. The van der Waals surface area contributed by atoms with E-state index in [-0.39, 0.29) is 0 Å². The summed E-state index contributed by atoms with van der Waals surface area (Å²) in [5.41, 5.74) is 33.0. The number of hydrogen-bond acceptors (Lipinski definition) is 4. The maximum absolute atomic E-state index is 6.03. The molecule has 0 aliphatic rings. The molecule has 0 unspecified atom stereocenters. The van der Waals surface area contributed by atoms with Gasteiger partial charge in [-0.1, -0.05) is 44.2 Å². The molecule has 0 saturated heterocycles. The van der Waals surface area contributed by atoms with Crippen molar-refractivity contribution < 1.29 is 0 Å². The lowest BCUT2D eigenvalue weighted by atomic mass is 9.98. The van der Waals surface area contributed by atoms with Gasteiger partial charge in [-0.25, -0.2) is 0 Å². The van der Waals surface area contributed by atoms with Gasteiger partial charge in [-0.2, -0.15) is 0 Å². The van der Waals surface area contributed by atoms with Crippen LogP contribution in [0.25, 0.3) is 10.8 Å². The van der Waals surface area contributed by atoms with E-state index in [2.05, 4.69) is 19.9 Å². The first-order valence-corrected chi connectivity index (χ1v) is 9.43. The second kappa shape index (κ2) is 8.21. The Balaban J connectivity index is 0.000000194. The highest BCUT2D eigenvalue weighted by Gasteiger charge is 2.09. The Morgan fingerprint density at radius 2 is 1.15 bits per heavy atom. The highest BCUT2D eigenvalue weighted by Crippen LogP contribution is 2.33. The van der Waals surface area contributed by atoms with Crippen LogP contribution >= 0.6 is 0 Å². The number of benzene rings is 3. The number of fused-ring (bicyclic) bond motifs is 1. The van der Waals surface area contributed by atoms with Gasteiger partial charge in [-0.05, 0) is 61.4 Å². The standard InChI is InChI=1S/C12H14N2.C11H18N2/c1-7-8(2)12(14)10-6-4-3-5-9(10)11(7)13;1-4-8-6-7(3)10(12)9(5-2)11(8)13/h3-6H,13-14H2,1-2H3;6H,4-5,12-13H2,1-3H3. The Hall–Kier alpha value is -2.88. The third-order valence-corrected chi connectivity index (χ3v) is 5.42. The molecular formula is C23H32N4. The van der Waals surface area contributed by atoms with Crippen molar-refractivity contribution in [1.82, 2.24) is 0 Å². The minimum Gasteiger partial charge on any atom is -0.398 e. The van der Waals surface area contributed by atoms with Crippen LogP contribution in [0.2, 0.25) is 0 Å². The molecule has 0 saturated carbocycles.